The van der Waals surface area contributed by atoms with Gasteiger partial charge in [-0.1, -0.05) is 12.1 Å². The lowest BCUT2D eigenvalue weighted by atomic mass is 10.0. The van der Waals surface area contributed by atoms with Crippen LogP contribution in [0, 0.1) is 5.82 Å². The van der Waals surface area contributed by atoms with Crippen molar-refractivity contribution < 1.29 is 9.13 Å². The molecule has 0 saturated heterocycles. The SMILES string of the molecule is COc1ccc(CC(CCc2ccccn2)NN)cc1F. The maximum Gasteiger partial charge on any atom is 0.165 e. The van der Waals surface area contributed by atoms with E-state index in [0.29, 0.717) is 6.42 Å². The number of nitrogens with one attached hydrogen (secondary N) is 1. The molecular formula is C16H20FN3O. The normalized spacial score (nSPS) is 12.1. The van der Waals surface area contributed by atoms with Gasteiger partial charge in [0, 0.05) is 17.9 Å². The fourth-order valence-corrected chi connectivity index (χ4v) is 2.23. The Kier molecular flexibility index (Phi) is 5.66. The molecule has 3 N–H and O–H groups in total. The zero-order valence-corrected chi connectivity index (χ0v) is 12.1. The number of pyridine rings is 1. The smallest absolute Gasteiger partial charge is 0.165 e. The molecule has 0 spiro atoms. The number of hydrogen-bond acceptors (Lipinski definition) is 4. The first-order chi connectivity index (χ1) is 10.2. The van der Waals surface area contributed by atoms with E-state index in [1.807, 2.05) is 24.3 Å². The zero-order chi connectivity index (χ0) is 15.1. The van der Waals surface area contributed by atoms with Crippen molar-refractivity contribution in [3.63, 3.8) is 0 Å². The van der Waals surface area contributed by atoms with Crippen molar-refractivity contribution in [2.24, 2.45) is 5.84 Å². The third-order valence-corrected chi connectivity index (χ3v) is 3.41. The molecule has 4 nitrogen and oxygen atoms in total. The number of ether oxygens (including phenoxy) is 1. The summed E-state index contributed by atoms with van der Waals surface area (Å²) in [4.78, 5) is 4.28. The van der Waals surface area contributed by atoms with Gasteiger partial charge in [-0.25, -0.2) is 4.39 Å². The predicted molar refractivity (Wildman–Crippen MR) is 80.3 cm³/mol. The maximum atomic E-state index is 13.7. The number of hydrazine groups is 1. The van der Waals surface area contributed by atoms with Crippen LogP contribution in [0.3, 0.4) is 0 Å². The Morgan fingerprint density at radius 1 is 1.33 bits per heavy atom. The highest BCUT2D eigenvalue weighted by Crippen LogP contribution is 2.19. The van der Waals surface area contributed by atoms with Crippen LogP contribution in [-0.4, -0.2) is 18.1 Å². The van der Waals surface area contributed by atoms with Crippen LogP contribution in [0.15, 0.2) is 42.6 Å². The van der Waals surface area contributed by atoms with E-state index >= 15 is 0 Å². The summed E-state index contributed by atoms with van der Waals surface area (Å²) in [5.74, 6) is 5.49. The topological polar surface area (TPSA) is 60.2 Å². The molecule has 112 valence electrons. The molecule has 0 aliphatic rings. The number of nitrogens with zero attached hydrogens (tertiary/aromatic N) is 1. The summed E-state index contributed by atoms with van der Waals surface area (Å²) in [5.41, 5.74) is 4.70. The number of halogens is 1. The molecule has 5 heteroatoms. The van der Waals surface area contributed by atoms with Gasteiger partial charge in [0.2, 0.25) is 0 Å². The molecule has 2 aromatic rings. The van der Waals surface area contributed by atoms with E-state index in [0.717, 1.165) is 24.1 Å². The van der Waals surface area contributed by atoms with Crippen molar-refractivity contribution in [1.29, 1.82) is 0 Å². The third kappa shape index (κ3) is 4.51. The number of rotatable bonds is 7. The fraction of sp³-hybridized carbons (Fsp3) is 0.312. The molecule has 0 bridgehead atoms. The highest BCUT2D eigenvalue weighted by atomic mass is 19.1. The second-order valence-electron chi connectivity index (χ2n) is 4.90. The van der Waals surface area contributed by atoms with Crippen molar-refractivity contribution in [3.8, 4) is 5.75 Å². The highest BCUT2D eigenvalue weighted by molar-refractivity contribution is 5.29. The number of aromatic nitrogens is 1. The summed E-state index contributed by atoms with van der Waals surface area (Å²) in [6.07, 6.45) is 4.10. The minimum atomic E-state index is -0.351. The van der Waals surface area contributed by atoms with Crippen LogP contribution in [0.25, 0.3) is 0 Å². The van der Waals surface area contributed by atoms with E-state index in [9.17, 15) is 4.39 Å². The summed E-state index contributed by atoms with van der Waals surface area (Å²) in [5, 5.41) is 0. The minimum absolute atomic E-state index is 0.0693. The second kappa shape index (κ2) is 7.71. The molecule has 1 aromatic carbocycles. The van der Waals surface area contributed by atoms with Gasteiger partial charge >= 0.3 is 0 Å². The Morgan fingerprint density at radius 3 is 2.81 bits per heavy atom. The largest absolute Gasteiger partial charge is 0.494 e. The first-order valence-electron chi connectivity index (χ1n) is 6.91. The van der Waals surface area contributed by atoms with Gasteiger partial charge in [-0.2, -0.15) is 0 Å². The van der Waals surface area contributed by atoms with Crippen LogP contribution < -0.4 is 16.0 Å². The van der Waals surface area contributed by atoms with Crippen LogP contribution in [0.4, 0.5) is 4.39 Å². The van der Waals surface area contributed by atoms with Crippen molar-refractivity contribution in [3.05, 3.63) is 59.7 Å². The van der Waals surface area contributed by atoms with Crippen LogP contribution in [0.1, 0.15) is 17.7 Å². The summed E-state index contributed by atoms with van der Waals surface area (Å²) < 4.78 is 18.6. The Hall–Kier alpha value is -1.98. The Morgan fingerprint density at radius 2 is 2.19 bits per heavy atom. The number of methoxy groups -OCH3 is 1. The predicted octanol–water partition coefficient (Wildman–Crippen LogP) is 2.24. The van der Waals surface area contributed by atoms with Gasteiger partial charge in [-0.15, -0.1) is 0 Å². The van der Waals surface area contributed by atoms with Gasteiger partial charge < -0.3 is 4.74 Å². The molecule has 1 atom stereocenters. The molecular weight excluding hydrogens is 269 g/mol. The fourth-order valence-electron chi connectivity index (χ4n) is 2.23. The lowest BCUT2D eigenvalue weighted by Crippen LogP contribution is -2.37. The lowest BCUT2D eigenvalue weighted by Gasteiger charge is -2.16. The van der Waals surface area contributed by atoms with Crippen LogP contribution >= 0.6 is 0 Å². The maximum absolute atomic E-state index is 13.7. The number of aryl methyl sites for hydroxylation is 1. The molecule has 1 heterocycles. The molecule has 1 aromatic heterocycles. The molecule has 21 heavy (non-hydrogen) atoms. The lowest BCUT2D eigenvalue weighted by molar-refractivity contribution is 0.385. The summed E-state index contributed by atoms with van der Waals surface area (Å²) in [6.45, 7) is 0. The highest BCUT2D eigenvalue weighted by Gasteiger charge is 2.11. The molecule has 0 amide bonds. The molecule has 0 aliphatic carbocycles. The summed E-state index contributed by atoms with van der Waals surface area (Å²) >= 11 is 0. The number of benzene rings is 1. The van der Waals surface area contributed by atoms with Gasteiger partial charge in [-0.05, 0) is 49.1 Å². The van der Waals surface area contributed by atoms with E-state index in [4.69, 9.17) is 10.6 Å². The standard InChI is InChI=1S/C16H20FN3O/c1-21-16-8-5-12(11-15(16)17)10-14(20-18)7-6-13-4-2-3-9-19-13/h2-5,8-9,11,14,20H,6-7,10,18H2,1H3. The molecule has 0 aliphatic heterocycles. The van der Waals surface area contributed by atoms with Crippen LogP contribution in [-0.2, 0) is 12.8 Å². The average Bonchev–Trinajstić information content (AvgIpc) is 2.52. The van der Waals surface area contributed by atoms with E-state index < -0.39 is 0 Å². The van der Waals surface area contributed by atoms with E-state index in [-0.39, 0.29) is 17.6 Å². The van der Waals surface area contributed by atoms with Crippen LogP contribution in [0.5, 0.6) is 5.75 Å². The van der Waals surface area contributed by atoms with Crippen molar-refractivity contribution >= 4 is 0 Å². The molecule has 0 radical (unpaired) electrons. The summed E-state index contributed by atoms with van der Waals surface area (Å²) in [7, 11) is 1.45. The Balaban J connectivity index is 1.94. The van der Waals surface area contributed by atoms with Crippen molar-refractivity contribution in [2.45, 2.75) is 25.3 Å². The molecule has 1 unspecified atom stereocenters. The Bertz CT molecular complexity index is 563. The number of hydrogen-bond donors (Lipinski definition) is 2. The number of nitrogens with two attached hydrogens (primary N) is 1. The van der Waals surface area contributed by atoms with E-state index in [1.165, 1.54) is 13.2 Å². The van der Waals surface area contributed by atoms with E-state index in [1.54, 1.807) is 12.3 Å². The first-order valence-corrected chi connectivity index (χ1v) is 6.91. The minimum Gasteiger partial charge on any atom is -0.494 e. The van der Waals surface area contributed by atoms with E-state index in [2.05, 4.69) is 10.4 Å². The van der Waals surface area contributed by atoms with Crippen molar-refractivity contribution in [1.82, 2.24) is 10.4 Å². The van der Waals surface area contributed by atoms with Gasteiger partial charge in [0.25, 0.3) is 0 Å². The molecule has 0 saturated carbocycles. The monoisotopic (exact) mass is 289 g/mol. The van der Waals surface area contributed by atoms with Crippen molar-refractivity contribution in [2.75, 3.05) is 7.11 Å². The van der Waals surface area contributed by atoms with Gasteiger partial charge in [0.05, 0.1) is 7.11 Å². The molecule has 2 rings (SSSR count). The Labute approximate surface area is 124 Å². The average molecular weight is 289 g/mol. The first kappa shape index (κ1) is 15.4. The van der Waals surface area contributed by atoms with Gasteiger partial charge in [-0.3, -0.25) is 16.3 Å². The van der Waals surface area contributed by atoms with Crippen LogP contribution in [0.2, 0.25) is 0 Å². The van der Waals surface area contributed by atoms with Gasteiger partial charge in [0.1, 0.15) is 0 Å². The second-order valence-corrected chi connectivity index (χ2v) is 4.90. The third-order valence-electron chi connectivity index (χ3n) is 3.41. The summed E-state index contributed by atoms with van der Waals surface area (Å²) in [6, 6.07) is 10.9. The quantitative estimate of drug-likeness (QED) is 0.606. The zero-order valence-electron chi connectivity index (χ0n) is 12.1. The van der Waals surface area contributed by atoms with Gasteiger partial charge in [0.15, 0.2) is 11.6 Å². The molecule has 0 fully saturated rings.